The normalized spacial score (nSPS) is 11.1. The van der Waals surface area contributed by atoms with Gasteiger partial charge in [0.1, 0.15) is 0 Å². The van der Waals surface area contributed by atoms with Crippen LogP contribution in [0.4, 0.5) is 5.69 Å². The first-order valence-electron chi connectivity index (χ1n) is 4.04. The summed E-state index contributed by atoms with van der Waals surface area (Å²) in [5.74, 6) is 0. The van der Waals surface area contributed by atoms with Crippen molar-refractivity contribution in [3.05, 3.63) is 33.4 Å². The van der Waals surface area contributed by atoms with Crippen molar-refractivity contribution in [2.45, 2.75) is 11.8 Å². The van der Waals surface area contributed by atoms with Gasteiger partial charge in [0, 0.05) is 17.7 Å². The molecule has 0 aliphatic carbocycles. The lowest BCUT2D eigenvalue weighted by Gasteiger charge is -2.05. The average Bonchev–Trinajstić information content (AvgIpc) is 2.14. The molecule has 1 aromatic rings. The SMILES string of the molecule is Cc1cc([N+](=O)[O-])cc(C=O)c1S(N)(=O)=O. The standard InChI is InChI=1S/C8H8N2O5S/c1-5-2-7(10(12)13)3-6(4-11)8(5)16(9,14)15/h2-4H,1H3,(H2,9,14,15). The summed E-state index contributed by atoms with van der Waals surface area (Å²) in [6.07, 6.45) is 0.222. The summed E-state index contributed by atoms with van der Waals surface area (Å²) in [5.41, 5.74) is -0.597. The van der Waals surface area contributed by atoms with E-state index >= 15 is 0 Å². The first kappa shape index (κ1) is 12.3. The number of nitrogens with two attached hydrogens (primary N) is 1. The number of nitro groups is 1. The first-order chi connectivity index (χ1) is 7.27. The summed E-state index contributed by atoms with van der Waals surface area (Å²) in [4.78, 5) is 20.1. The van der Waals surface area contributed by atoms with E-state index in [9.17, 15) is 23.3 Å². The van der Waals surface area contributed by atoms with Gasteiger partial charge in [0.25, 0.3) is 5.69 Å². The van der Waals surface area contributed by atoms with Gasteiger partial charge < -0.3 is 0 Å². The Labute approximate surface area is 91.1 Å². The molecule has 0 unspecified atom stereocenters. The number of non-ortho nitro benzene ring substituents is 1. The van der Waals surface area contributed by atoms with Crippen LogP contribution in [0.25, 0.3) is 0 Å². The van der Waals surface area contributed by atoms with Crippen LogP contribution in [0.2, 0.25) is 0 Å². The van der Waals surface area contributed by atoms with Crippen LogP contribution < -0.4 is 5.14 Å². The molecule has 0 saturated heterocycles. The third kappa shape index (κ3) is 2.23. The van der Waals surface area contributed by atoms with E-state index in [2.05, 4.69) is 0 Å². The number of aldehydes is 1. The second-order valence-corrected chi connectivity index (χ2v) is 4.60. The summed E-state index contributed by atoms with van der Waals surface area (Å²) in [5, 5.41) is 15.4. The van der Waals surface area contributed by atoms with E-state index in [4.69, 9.17) is 5.14 Å². The zero-order valence-electron chi connectivity index (χ0n) is 8.21. The minimum atomic E-state index is -4.07. The fourth-order valence-electron chi connectivity index (χ4n) is 1.36. The van der Waals surface area contributed by atoms with Crippen molar-refractivity contribution in [2.75, 3.05) is 0 Å². The Morgan fingerprint density at radius 2 is 2.00 bits per heavy atom. The van der Waals surface area contributed by atoms with E-state index in [-0.39, 0.29) is 28.0 Å². The van der Waals surface area contributed by atoms with Gasteiger partial charge in [-0.3, -0.25) is 14.9 Å². The van der Waals surface area contributed by atoms with Crippen LogP contribution in [-0.4, -0.2) is 19.6 Å². The summed E-state index contributed by atoms with van der Waals surface area (Å²) < 4.78 is 22.3. The van der Waals surface area contributed by atoms with Gasteiger partial charge in [0.15, 0.2) is 6.29 Å². The molecule has 8 heteroatoms. The Hall–Kier alpha value is -1.80. The molecule has 0 atom stereocenters. The lowest BCUT2D eigenvalue weighted by molar-refractivity contribution is -0.385. The van der Waals surface area contributed by atoms with Gasteiger partial charge >= 0.3 is 0 Å². The number of carbonyl (C=O) groups excluding carboxylic acids is 1. The molecular weight excluding hydrogens is 236 g/mol. The Morgan fingerprint density at radius 3 is 2.38 bits per heavy atom. The number of primary sulfonamides is 1. The maximum absolute atomic E-state index is 11.2. The third-order valence-corrected chi connectivity index (χ3v) is 3.04. The van der Waals surface area contributed by atoms with Crippen LogP contribution in [0.15, 0.2) is 17.0 Å². The van der Waals surface area contributed by atoms with Crippen LogP contribution in [-0.2, 0) is 10.0 Å². The Kier molecular flexibility index (Phi) is 3.06. The molecule has 0 aliphatic heterocycles. The monoisotopic (exact) mass is 244 g/mol. The minimum Gasteiger partial charge on any atom is -0.298 e. The molecular formula is C8H8N2O5S. The van der Waals surface area contributed by atoms with Crippen molar-refractivity contribution in [2.24, 2.45) is 5.14 Å². The molecule has 0 fully saturated rings. The Balaban J connectivity index is 3.66. The highest BCUT2D eigenvalue weighted by Gasteiger charge is 2.21. The summed E-state index contributed by atoms with van der Waals surface area (Å²) >= 11 is 0. The lowest BCUT2D eigenvalue weighted by Crippen LogP contribution is -2.16. The van der Waals surface area contributed by atoms with Crippen LogP contribution in [0.1, 0.15) is 15.9 Å². The molecule has 0 aliphatic rings. The molecule has 1 rings (SSSR count). The topological polar surface area (TPSA) is 120 Å². The predicted octanol–water partition coefficient (Wildman–Crippen LogP) is 0.363. The summed E-state index contributed by atoms with van der Waals surface area (Å²) in [6, 6.07) is 1.92. The molecule has 0 saturated carbocycles. The molecule has 2 N–H and O–H groups in total. The number of benzene rings is 1. The van der Waals surface area contributed by atoms with Crippen LogP contribution in [0, 0.1) is 17.0 Å². The van der Waals surface area contributed by atoms with Gasteiger partial charge in [-0.15, -0.1) is 0 Å². The minimum absolute atomic E-state index is 0.0683. The smallest absolute Gasteiger partial charge is 0.270 e. The molecule has 0 radical (unpaired) electrons. The van der Waals surface area contributed by atoms with Crippen molar-refractivity contribution in [1.29, 1.82) is 0 Å². The van der Waals surface area contributed by atoms with Gasteiger partial charge in [-0.05, 0) is 12.5 Å². The van der Waals surface area contributed by atoms with E-state index in [1.807, 2.05) is 0 Å². The van der Waals surface area contributed by atoms with Crippen molar-refractivity contribution >= 4 is 22.0 Å². The Bertz CT molecular complexity index is 564. The molecule has 1 aromatic carbocycles. The van der Waals surface area contributed by atoms with E-state index in [1.165, 1.54) is 6.92 Å². The lowest BCUT2D eigenvalue weighted by atomic mass is 10.1. The molecule has 0 spiro atoms. The highest BCUT2D eigenvalue weighted by Crippen LogP contribution is 2.24. The molecule has 16 heavy (non-hydrogen) atoms. The summed E-state index contributed by atoms with van der Waals surface area (Å²) in [6.45, 7) is 1.33. The fourth-order valence-corrected chi connectivity index (χ4v) is 2.31. The highest BCUT2D eigenvalue weighted by molar-refractivity contribution is 7.89. The number of aryl methyl sites for hydroxylation is 1. The number of nitro benzene ring substituents is 1. The zero-order valence-corrected chi connectivity index (χ0v) is 9.02. The first-order valence-corrected chi connectivity index (χ1v) is 5.59. The van der Waals surface area contributed by atoms with E-state index in [0.29, 0.717) is 0 Å². The van der Waals surface area contributed by atoms with Crippen molar-refractivity contribution in [3.8, 4) is 0 Å². The summed E-state index contributed by atoms with van der Waals surface area (Å²) in [7, 11) is -4.07. The maximum Gasteiger partial charge on any atom is 0.270 e. The van der Waals surface area contributed by atoms with Gasteiger partial charge in [-0.1, -0.05) is 0 Å². The Morgan fingerprint density at radius 1 is 1.44 bits per heavy atom. The van der Waals surface area contributed by atoms with Crippen LogP contribution in [0.5, 0.6) is 0 Å². The number of sulfonamides is 1. The molecule has 0 aromatic heterocycles. The molecule has 7 nitrogen and oxygen atoms in total. The van der Waals surface area contributed by atoms with Crippen LogP contribution >= 0.6 is 0 Å². The van der Waals surface area contributed by atoms with Crippen molar-refractivity contribution in [3.63, 3.8) is 0 Å². The fraction of sp³-hybridized carbons (Fsp3) is 0.125. The number of hydrogen-bond acceptors (Lipinski definition) is 5. The second-order valence-electron chi connectivity index (χ2n) is 3.10. The van der Waals surface area contributed by atoms with Crippen molar-refractivity contribution < 1.29 is 18.1 Å². The largest absolute Gasteiger partial charge is 0.298 e. The van der Waals surface area contributed by atoms with Gasteiger partial charge in [-0.2, -0.15) is 0 Å². The number of hydrogen-bond donors (Lipinski definition) is 1. The number of rotatable bonds is 3. The molecule has 0 heterocycles. The van der Waals surface area contributed by atoms with Gasteiger partial charge in [-0.25, -0.2) is 13.6 Å². The van der Waals surface area contributed by atoms with Crippen molar-refractivity contribution in [1.82, 2.24) is 0 Å². The number of carbonyl (C=O) groups is 1. The van der Waals surface area contributed by atoms with E-state index < -0.39 is 14.9 Å². The van der Waals surface area contributed by atoms with Crippen LogP contribution in [0.3, 0.4) is 0 Å². The average molecular weight is 244 g/mol. The van der Waals surface area contributed by atoms with E-state index in [1.54, 1.807) is 0 Å². The molecule has 86 valence electrons. The zero-order chi connectivity index (χ0) is 12.5. The quantitative estimate of drug-likeness (QED) is 0.467. The molecule has 0 amide bonds. The maximum atomic E-state index is 11.2. The molecule has 0 bridgehead atoms. The van der Waals surface area contributed by atoms with Gasteiger partial charge in [0.05, 0.1) is 9.82 Å². The van der Waals surface area contributed by atoms with E-state index in [0.717, 1.165) is 12.1 Å². The van der Waals surface area contributed by atoms with Gasteiger partial charge in [0.2, 0.25) is 10.0 Å². The predicted molar refractivity (Wildman–Crippen MR) is 54.6 cm³/mol. The second kappa shape index (κ2) is 3.99. The highest BCUT2D eigenvalue weighted by atomic mass is 32.2. The third-order valence-electron chi connectivity index (χ3n) is 1.91. The number of nitrogens with zero attached hydrogens (tertiary/aromatic N) is 1.